The third-order valence-electron chi connectivity index (χ3n) is 5.32. The van der Waals surface area contributed by atoms with Crippen molar-refractivity contribution in [1.82, 2.24) is 15.1 Å². The van der Waals surface area contributed by atoms with Crippen molar-refractivity contribution in [3.8, 4) is 0 Å². The van der Waals surface area contributed by atoms with Crippen LogP contribution in [0.2, 0.25) is 0 Å². The van der Waals surface area contributed by atoms with Crippen molar-refractivity contribution in [3.05, 3.63) is 62.9 Å². The number of nitrogens with zero attached hydrogens (tertiary/aromatic N) is 3. The molecule has 0 aliphatic heterocycles. The molecular weight excluding hydrogens is 344 g/mol. The van der Waals surface area contributed by atoms with Gasteiger partial charge in [0.2, 0.25) is 5.43 Å². The van der Waals surface area contributed by atoms with E-state index in [1.807, 2.05) is 18.2 Å². The Bertz CT molecular complexity index is 857. The third-order valence-corrected chi connectivity index (χ3v) is 5.32. The second-order valence-corrected chi connectivity index (χ2v) is 7.00. The van der Waals surface area contributed by atoms with Gasteiger partial charge in [0.1, 0.15) is 0 Å². The number of hydrogen-bond donors (Lipinski definition) is 1. The lowest BCUT2D eigenvalue weighted by Crippen LogP contribution is -2.30. The zero-order chi connectivity index (χ0) is 19.2. The molecule has 3 rings (SSSR count). The molecule has 1 unspecified atom stereocenters. The molecule has 1 saturated carbocycles. The summed E-state index contributed by atoms with van der Waals surface area (Å²) in [5.41, 5.74) is -0.134. The van der Waals surface area contributed by atoms with Crippen LogP contribution in [0.25, 0.3) is 0 Å². The minimum atomic E-state index is -0.741. The van der Waals surface area contributed by atoms with Crippen LogP contribution >= 0.6 is 0 Å². The number of carbonyl (C=O) groups is 1. The summed E-state index contributed by atoms with van der Waals surface area (Å²) < 4.78 is 1.52. The van der Waals surface area contributed by atoms with E-state index < -0.39 is 11.3 Å². The van der Waals surface area contributed by atoms with Gasteiger partial charge in [-0.1, -0.05) is 49.6 Å². The summed E-state index contributed by atoms with van der Waals surface area (Å²) in [5.74, 6) is 0.0742. The highest BCUT2D eigenvalue weighted by molar-refractivity contribution is 5.92. The molecule has 7 nitrogen and oxygen atoms in total. The van der Waals surface area contributed by atoms with Crippen LogP contribution in [0, 0.1) is 10.8 Å². The molecule has 1 heterocycles. The van der Waals surface area contributed by atoms with Gasteiger partial charge in [-0.2, -0.15) is 5.10 Å². The number of aromatic nitrogens is 2. The molecule has 2 aromatic rings. The molecule has 1 N–H and O–H groups in total. The van der Waals surface area contributed by atoms with Gasteiger partial charge in [-0.25, -0.2) is 0 Å². The fraction of sp³-hybridized carbons (Fsp3) is 0.450. The minimum absolute atomic E-state index is 0.193. The van der Waals surface area contributed by atoms with Gasteiger partial charge >= 0.3 is 0 Å². The maximum atomic E-state index is 12.2. The van der Waals surface area contributed by atoms with Gasteiger partial charge < -0.3 is 5.32 Å². The summed E-state index contributed by atoms with van der Waals surface area (Å²) in [6, 6.07) is 10.2. The van der Waals surface area contributed by atoms with Crippen LogP contribution < -0.4 is 10.7 Å². The fourth-order valence-electron chi connectivity index (χ4n) is 3.91. The van der Waals surface area contributed by atoms with Crippen LogP contribution in [0.5, 0.6) is 0 Å². The normalized spacial score (nSPS) is 15.9. The second-order valence-electron chi connectivity index (χ2n) is 7.00. The Kier molecular flexibility index (Phi) is 6.11. The van der Waals surface area contributed by atoms with Crippen LogP contribution in [-0.4, -0.2) is 22.7 Å². The summed E-state index contributed by atoms with van der Waals surface area (Å²) in [4.78, 5) is 35.2. The Labute approximate surface area is 157 Å². The average Bonchev–Trinajstić information content (AvgIpc) is 2.73. The Morgan fingerprint density at radius 1 is 1.26 bits per heavy atom. The molecule has 1 aromatic heterocycles. The first-order valence-corrected chi connectivity index (χ1v) is 9.36. The van der Waals surface area contributed by atoms with Crippen molar-refractivity contribution < 1.29 is 4.79 Å². The maximum Gasteiger partial charge on any atom is 0.275 e. The van der Waals surface area contributed by atoms with E-state index in [-0.39, 0.29) is 17.3 Å². The van der Waals surface area contributed by atoms with Gasteiger partial charge in [0.25, 0.3) is 5.91 Å². The molecule has 0 saturated heterocycles. The number of rotatable bonds is 6. The Morgan fingerprint density at radius 3 is 2.59 bits per heavy atom. The van der Waals surface area contributed by atoms with Crippen LogP contribution in [0.4, 0.5) is 5.69 Å². The van der Waals surface area contributed by atoms with E-state index in [0.29, 0.717) is 12.5 Å². The van der Waals surface area contributed by atoms with Crippen LogP contribution in [-0.2, 0) is 6.54 Å². The molecule has 1 amide bonds. The molecule has 7 heteroatoms. The molecule has 1 aliphatic carbocycles. The molecule has 0 radical (unpaired) electrons. The van der Waals surface area contributed by atoms with Crippen LogP contribution in [0.1, 0.15) is 54.1 Å². The lowest BCUT2D eigenvalue weighted by atomic mass is 9.77. The van der Waals surface area contributed by atoms with Gasteiger partial charge in [-0.3, -0.25) is 14.3 Å². The summed E-state index contributed by atoms with van der Waals surface area (Å²) in [6.07, 6.45) is 7.29. The van der Waals surface area contributed by atoms with Crippen molar-refractivity contribution in [2.75, 3.05) is 7.05 Å². The predicted molar refractivity (Wildman–Crippen MR) is 103 cm³/mol. The van der Waals surface area contributed by atoms with Crippen LogP contribution in [0.3, 0.4) is 0 Å². The van der Waals surface area contributed by atoms with Crippen molar-refractivity contribution >= 4 is 11.6 Å². The Morgan fingerprint density at radius 2 is 1.96 bits per heavy atom. The fourth-order valence-corrected chi connectivity index (χ4v) is 3.91. The zero-order valence-corrected chi connectivity index (χ0v) is 15.4. The molecule has 0 bridgehead atoms. The van der Waals surface area contributed by atoms with Crippen LogP contribution in [0.15, 0.2) is 46.5 Å². The average molecular weight is 368 g/mol. The molecule has 27 heavy (non-hydrogen) atoms. The number of amides is 1. The number of nitrogens with one attached hydrogen (secondary N) is 1. The molecule has 1 aromatic carbocycles. The van der Waals surface area contributed by atoms with E-state index in [0.717, 1.165) is 12.8 Å². The number of hydrogen-bond acceptors (Lipinski definition) is 5. The van der Waals surface area contributed by atoms with Crippen molar-refractivity contribution in [1.29, 1.82) is 0 Å². The highest BCUT2D eigenvalue weighted by atomic mass is 16.3. The van der Waals surface area contributed by atoms with E-state index in [1.54, 1.807) is 0 Å². The van der Waals surface area contributed by atoms with Crippen molar-refractivity contribution in [2.45, 2.75) is 44.6 Å². The lowest BCUT2D eigenvalue weighted by Gasteiger charge is -2.31. The highest BCUT2D eigenvalue weighted by Gasteiger charge is 2.26. The van der Waals surface area contributed by atoms with Crippen molar-refractivity contribution in [2.24, 2.45) is 11.1 Å². The largest absolute Gasteiger partial charge is 0.354 e. The smallest absolute Gasteiger partial charge is 0.275 e. The minimum Gasteiger partial charge on any atom is -0.354 e. The van der Waals surface area contributed by atoms with Gasteiger partial charge in [-0.15, -0.1) is 4.91 Å². The lowest BCUT2D eigenvalue weighted by molar-refractivity contribution is 0.0954. The quantitative estimate of drug-likeness (QED) is 0.791. The van der Waals surface area contributed by atoms with E-state index in [9.17, 15) is 14.5 Å². The third kappa shape index (κ3) is 4.30. The summed E-state index contributed by atoms with van der Waals surface area (Å²) >= 11 is 0. The molecule has 142 valence electrons. The standard InChI is InChI=1S/C20H24N4O3/c1-21-20(26)18-19(25)17(23-27)13-24(22-18)12-16(14-8-4-2-5-9-14)15-10-6-3-7-11-15/h2,4-5,8-9,13,15-16H,3,6-7,10-12H2,1H3,(H,21,26). The number of nitroso groups, excluding NO2 is 1. The van der Waals surface area contributed by atoms with E-state index in [1.165, 1.54) is 42.8 Å². The van der Waals surface area contributed by atoms with E-state index in [2.05, 4.69) is 27.7 Å². The Hall–Kier alpha value is -2.83. The second kappa shape index (κ2) is 8.70. The molecular formula is C20H24N4O3. The summed E-state index contributed by atoms with van der Waals surface area (Å²) in [6.45, 7) is 0.488. The molecule has 1 aliphatic rings. The van der Waals surface area contributed by atoms with Gasteiger partial charge in [0, 0.05) is 19.5 Å². The molecule has 0 spiro atoms. The first kappa shape index (κ1) is 18.9. The first-order chi connectivity index (χ1) is 13.1. The number of carbonyl (C=O) groups excluding carboxylic acids is 1. The monoisotopic (exact) mass is 368 g/mol. The summed E-state index contributed by atoms with van der Waals surface area (Å²) in [5, 5.41) is 9.39. The maximum absolute atomic E-state index is 12.2. The SMILES string of the molecule is CNC(=O)c1nn(CC(c2ccccc2)C2CCCCC2)cc(N=O)c1=O. The first-order valence-electron chi connectivity index (χ1n) is 9.36. The Balaban J connectivity index is 1.99. The molecule has 1 fully saturated rings. The highest BCUT2D eigenvalue weighted by Crippen LogP contribution is 2.37. The summed E-state index contributed by atoms with van der Waals surface area (Å²) in [7, 11) is 1.42. The topological polar surface area (TPSA) is 93.4 Å². The molecule has 1 atom stereocenters. The predicted octanol–water partition coefficient (Wildman–Crippen LogP) is 3.36. The van der Waals surface area contributed by atoms with Gasteiger partial charge in [0.15, 0.2) is 11.4 Å². The van der Waals surface area contributed by atoms with E-state index >= 15 is 0 Å². The zero-order valence-electron chi connectivity index (χ0n) is 15.4. The van der Waals surface area contributed by atoms with Gasteiger partial charge in [-0.05, 0) is 29.5 Å². The number of benzene rings is 1. The van der Waals surface area contributed by atoms with Crippen molar-refractivity contribution in [3.63, 3.8) is 0 Å². The van der Waals surface area contributed by atoms with E-state index in [4.69, 9.17) is 0 Å². The van der Waals surface area contributed by atoms with Gasteiger partial charge in [0.05, 0.1) is 6.20 Å².